The van der Waals surface area contributed by atoms with Crippen molar-refractivity contribution in [3.8, 4) is 16.8 Å². The summed E-state index contributed by atoms with van der Waals surface area (Å²) in [7, 11) is 0. The molecule has 5 N–H and O–H groups in total. The molecule has 0 atom stereocenters. The summed E-state index contributed by atoms with van der Waals surface area (Å²) in [4.78, 5) is 45.4. The van der Waals surface area contributed by atoms with E-state index in [2.05, 4.69) is 9.97 Å². The van der Waals surface area contributed by atoms with E-state index in [0.717, 1.165) is 37.5 Å². The van der Waals surface area contributed by atoms with Crippen LogP contribution in [0.5, 0.6) is 0 Å². The topological polar surface area (TPSA) is 134 Å². The largest absolute Gasteiger partial charge is 0.386 e. The molecule has 6 aromatic rings. The van der Waals surface area contributed by atoms with Gasteiger partial charge in [-0.3, -0.25) is 9.59 Å². The van der Waals surface area contributed by atoms with Gasteiger partial charge < -0.3 is 20.8 Å². The summed E-state index contributed by atoms with van der Waals surface area (Å²) in [6, 6.07) is 17.4. The van der Waals surface area contributed by atoms with Crippen LogP contribution in [-0.2, 0) is 12.3 Å². The molecule has 2 aromatic heterocycles. The molecule has 0 aliphatic heterocycles. The molecule has 8 nitrogen and oxygen atoms in total. The van der Waals surface area contributed by atoms with Crippen LogP contribution in [0.3, 0.4) is 0 Å². The Morgan fingerprint density at radius 3 is 2.40 bits per heavy atom. The molecule has 4 aromatic carbocycles. The van der Waals surface area contributed by atoms with E-state index in [-0.39, 0.29) is 16.5 Å². The first-order valence-corrected chi connectivity index (χ1v) is 13.5. The molecule has 0 fully saturated rings. The predicted molar refractivity (Wildman–Crippen MR) is 163 cm³/mol. The van der Waals surface area contributed by atoms with Crippen LogP contribution in [0.25, 0.3) is 49.5 Å². The summed E-state index contributed by atoms with van der Waals surface area (Å²) in [6.45, 7) is 6.29. The minimum absolute atomic E-state index is 0.184. The van der Waals surface area contributed by atoms with E-state index in [4.69, 9.17) is 5.73 Å². The zero-order valence-corrected chi connectivity index (χ0v) is 23.6. The number of nitrogens with one attached hydrogen (secondary N) is 2. The number of aromatic amines is 2. The van der Waals surface area contributed by atoms with E-state index in [9.17, 15) is 23.9 Å². The number of amides is 1. The maximum atomic E-state index is 13.6. The monoisotopic (exact) mass is 564 g/mol. The third kappa shape index (κ3) is 4.04. The highest BCUT2D eigenvalue weighted by Crippen LogP contribution is 2.41. The van der Waals surface area contributed by atoms with Crippen LogP contribution >= 0.6 is 0 Å². The second-order valence-corrected chi connectivity index (χ2v) is 11.2. The van der Waals surface area contributed by atoms with Crippen molar-refractivity contribution in [2.45, 2.75) is 40.0 Å². The number of aryl methyl sites for hydroxylation is 1. The van der Waals surface area contributed by atoms with Gasteiger partial charge in [-0.25, -0.2) is 13.8 Å². The molecule has 212 valence electrons. The average Bonchev–Trinajstić information content (AvgIpc) is 3.31. The summed E-state index contributed by atoms with van der Waals surface area (Å²) >= 11 is 0. The lowest BCUT2D eigenvalue weighted by Crippen LogP contribution is -2.34. The SMILES string of the molecule is Cc1cc(C(N)=O)c2[nH]c3cc(C(C)(C)O)ccc3c2c1-c1cccc(-n2c(=O)[nH]c3c(CF)cccc3c2=O)c1C. The highest BCUT2D eigenvalue weighted by atomic mass is 19.1. The van der Waals surface area contributed by atoms with Gasteiger partial charge in [0.05, 0.1) is 33.3 Å². The molecule has 42 heavy (non-hydrogen) atoms. The van der Waals surface area contributed by atoms with Crippen LogP contribution in [0, 0.1) is 13.8 Å². The van der Waals surface area contributed by atoms with Crippen LogP contribution in [-0.4, -0.2) is 25.5 Å². The minimum atomic E-state index is -1.08. The number of carbonyl (C=O) groups is 1. The number of nitrogens with zero attached hydrogens (tertiary/aromatic N) is 1. The van der Waals surface area contributed by atoms with Gasteiger partial charge in [0.1, 0.15) is 6.67 Å². The molecule has 0 saturated heterocycles. The summed E-state index contributed by atoms with van der Waals surface area (Å²) < 4.78 is 14.6. The second-order valence-electron chi connectivity index (χ2n) is 11.2. The Kier molecular flexibility index (Phi) is 6.16. The number of H-pyrrole nitrogens is 2. The lowest BCUT2D eigenvalue weighted by molar-refractivity contribution is 0.0787. The van der Waals surface area contributed by atoms with Crippen molar-refractivity contribution < 1.29 is 14.3 Å². The van der Waals surface area contributed by atoms with E-state index in [1.54, 1.807) is 44.2 Å². The van der Waals surface area contributed by atoms with Gasteiger partial charge >= 0.3 is 5.69 Å². The molecule has 9 heteroatoms. The van der Waals surface area contributed by atoms with Crippen LogP contribution in [0.4, 0.5) is 4.39 Å². The Hall–Kier alpha value is -5.02. The van der Waals surface area contributed by atoms with Crippen LogP contribution in [0.1, 0.15) is 46.5 Å². The highest BCUT2D eigenvalue weighted by Gasteiger charge is 2.23. The van der Waals surface area contributed by atoms with Gasteiger partial charge in [-0.2, -0.15) is 0 Å². The number of benzene rings is 4. The number of hydrogen-bond acceptors (Lipinski definition) is 4. The molecular weight excluding hydrogens is 535 g/mol. The molecule has 0 bridgehead atoms. The number of hydrogen-bond donors (Lipinski definition) is 4. The van der Waals surface area contributed by atoms with E-state index in [1.807, 2.05) is 38.1 Å². The summed E-state index contributed by atoms with van der Waals surface area (Å²) in [6.07, 6.45) is 0. The molecule has 2 heterocycles. The van der Waals surface area contributed by atoms with Crippen molar-refractivity contribution in [1.82, 2.24) is 14.5 Å². The maximum Gasteiger partial charge on any atom is 0.333 e. The van der Waals surface area contributed by atoms with E-state index in [0.29, 0.717) is 27.9 Å². The van der Waals surface area contributed by atoms with Crippen molar-refractivity contribution >= 4 is 38.6 Å². The zero-order valence-electron chi connectivity index (χ0n) is 23.6. The Morgan fingerprint density at radius 1 is 0.976 bits per heavy atom. The number of para-hydroxylation sites is 1. The van der Waals surface area contributed by atoms with Gasteiger partial charge in [0, 0.05) is 21.9 Å². The zero-order chi connectivity index (χ0) is 30.1. The Bertz CT molecular complexity index is 2220. The fraction of sp³-hybridized carbons (Fsp3) is 0.182. The predicted octanol–water partition coefficient (Wildman–Crippen LogP) is 5.39. The van der Waals surface area contributed by atoms with Crippen molar-refractivity contribution in [3.05, 3.63) is 109 Å². The molecule has 0 unspecified atom stereocenters. The van der Waals surface area contributed by atoms with E-state index >= 15 is 0 Å². The number of rotatable bonds is 5. The number of primary amides is 1. The van der Waals surface area contributed by atoms with Gasteiger partial charge in [-0.15, -0.1) is 0 Å². The smallest absolute Gasteiger partial charge is 0.333 e. The fourth-order valence-electron chi connectivity index (χ4n) is 5.91. The van der Waals surface area contributed by atoms with Crippen LogP contribution < -0.4 is 17.0 Å². The third-order valence-electron chi connectivity index (χ3n) is 8.02. The second kappa shape index (κ2) is 9.53. The number of aliphatic hydroxyl groups is 1. The summed E-state index contributed by atoms with van der Waals surface area (Å²) in [5, 5.41) is 12.4. The number of nitrogens with two attached hydrogens (primary N) is 1. The van der Waals surface area contributed by atoms with Crippen molar-refractivity contribution in [2.75, 3.05) is 0 Å². The standard InChI is InChI=1S/C33H29FN4O4/c1-16-13-23(30(35)39)29-27(21-12-11-19(33(3,4)42)14-24(21)36-29)26(16)20-8-6-10-25(17(20)2)38-31(40)22-9-5-7-18(15-34)28(22)37-32(38)41/h5-14,36,42H,15H2,1-4H3,(H2,35,39)(H,37,41). The Labute approximate surface area is 239 Å². The molecule has 0 aliphatic carbocycles. The van der Waals surface area contributed by atoms with Crippen molar-refractivity contribution in [3.63, 3.8) is 0 Å². The average molecular weight is 565 g/mol. The lowest BCUT2D eigenvalue weighted by atomic mass is 9.89. The summed E-state index contributed by atoms with van der Waals surface area (Å²) in [5.74, 6) is -0.587. The summed E-state index contributed by atoms with van der Waals surface area (Å²) in [5.41, 5.74) is 9.57. The lowest BCUT2D eigenvalue weighted by Gasteiger charge is -2.18. The number of carbonyl (C=O) groups excluding carboxylic acids is 1. The first kappa shape index (κ1) is 27.2. The molecular formula is C33H29FN4O4. The molecule has 0 saturated carbocycles. The molecule has 0 spiro atoms. The number of fused-ring (bicyclic) bond motifs is 4. The highest BCUT2D eigenvalue weighted by molar-refractivity contribution is 6.20. The normalized spacial score (nSPS) is 12.0. The molecule has 0 radical (unpaired) electrons. The maximum absolute atomic E-state index is 13.6. The number of alkyl halides is 1. The van der Waals surface area contributed by atoms with Crippen molar-refractivity contribution in [2.24, 2.45) is 5.73 Å². The van der Waals surface area contributed by atoms with Gasteiger partial charge in [0.15, 0.2) is 0 Å². The third-order valence-corrected chi connectivity index (χ3v) is 8.02. The van der Waals surface area contributed by atoms with Gasteiger partial charge in [-0.1, -0.05) is 36.4 Å². The van der Waals surface area contributed by atoms with Gasteiger partial charge in [0.25, 0.3) is 11.5 Å². The Morgan fingerprint density at radius 2 is 1.71 bits per heavy atom. The molecule has 1 amide bonds. The van der Waals surface area contributed by atoms with E-state index < -0.39 is 29.4 Å². The minimum Gasteiger partial charge on any atom is -0.386 e. The first-order chi connectivity index (χ1) is 19.9. The first-order valence-electron chi connectivity index (χ1n) is 13.5. The number of aromatic nitrogens is 3. The van der Waals surface area contributed by atoms with Gasteiger partial charge in [0.2, 0.25) is 0 Å². The van der Waals surface area contributed by atoms with E-state index in [1.165, 1.54) is 6.07 Å². The molecule has 0 aliphatic rings. The Balaban J connectivity index is 1.68. The molecule has 6 rings (SSSR count). The van der Waals surface area contributed by atoms with Crippen LogP contribution in [0.15, 0.2) is 70.3 Å². The number of halogens is 1. The van der Waals surface area contributed by atoms with Crippen LogP contribution in [0.2, 0.25) is 0 Å². The van der Waals surface area contributed by atoms with Crippen molar-refractivity contribution in [1.29, 1.82) is 0 Å². The quantitative estimate of drug-likeness (QED) is 0.223. The van der Waals surface area contributed by atoms with Gasteiger partial charge in [-0.05, 0) is 79.8 Å². The fourth-order valence-corrected chi connectivity index (χ4v) is 5.91.